The number of aromatic amines is 1. The first-order valence-electron chi connectivity index (χ1n) is 9.30. The zero-order valence-electron chi connectivity index (χ0n) is 15.1. The Kier molecular flexibility index (Phi) is 3.99. The Labute approximate surface area is 164 Å². The molecule has 28 heavy (non-hydrogen) atoms. The highest BCUT2D eigenvalue weighted by molar-refractivity contribution is 7.14. The second-order valence-electron chi connectivity index (χ2n) is 7.27. The summed E-state index contributed by atoms with van der Waals surface area (Å²) in [7, 11) is 0. The number of piperidine rings is 1. The molecule has 2 aromatic heterocycles. The van der Waals surface area contributed by atoms with Crippen molar-refractivity contribution in [3.8, 4) is 0 Å². The molecule has 1 spiro atoms. The van der Waals surface area contributed by atoms with Gasteiger partial charge in [-0.3, -0.25) is 9.89 Å². The quantitative estimate of drug-likeness (QED) is 0.693. The molecule has 0 unspecified atom stereocenters. The van der Waals surface area contributed by atoms with Crippen LogP contribution in [0.15, 0.2) is 30.3 Å². The number of rotatable bonds is 2. The molecule has 1 aromatic carbocycles. The summed E-state index contributed by atoms with van der Waals surface area (Å²) < 4.78 is 6.17. The molecule has 144 valence electrons. The predicted molar refractivity (Wildman–Crippen MR) is 104 cm³/mol. The molecule has 2 N–H and O–H groups in total. The maximum absolute atomic E-state index is 13.0. The number of ether oxygens (including phenoxy) is 1. The SMILES string of the molecule is O=C(O)c1cc2c(s1)C1(CCN(C(=O)c3n[nH]c4ccccc34)CC1)OCC2. The summed E-state index contributed by atoms with van der Waals surface area (Å²) >= 11 is 1.31. The number of benzene rings is 1. The first-order chi connectivity index (χ1) is 13.6. The Bertz CT molecular complexity index is 1080. The number of likely N-dealkylation sites (tertiary alicyclic amines) is 1. The van der Waals surface area contributed by atoms with Crippen LogP contribution < -0.4 is 0 Å². The largest absolute Gasteiger partial charge is 0.477 e. The third-order valence-corrected chi connectivity index (χ3v) is 7.07. The lowest BCUT2D eigenvalue weighted by Crippen LogP contribution is -2.48. The van der Waals surface area contributed by atoms with E-state index < -0.39 is 11.6 Å². The monoisotopic (exact) mass is 397 g/mol. The van der Waals surface area contributed by atoms with Gasteiger partial charge in [0.25, 0.3) is 5.91 Å². The van der Waals surface area contributed by atoms with Gasteiger partial charge in [-0.25, -0.2) is 4.79 Å². The van der Waals surface area contributed by atoms with Gasteiger partial charge in [0.2, 0.25) is 0 Å². The molecule has 3 aromatic rings. The zero-order valence-corrected chi connectivity index (χ0v) is 15.9. The van der Waals surface area contributed by atoms with Crippen LogP contribution in [0.2, 0.25) is 0 Å². The number of nitrogens with one attached hydrogen (secondary N) is 1. The third kappa shape index (κ3) is 2.63. The second-order valence-corrected chi connectivity index (χ2v) is 8.33. The molecule has 0 atom stereocenters. The average molecular weight is 397 g/mol. The number of hydrogen-bond acceptors (Lipinski definition) is 5. The molecule has 2 aliphatic heterocycles. The number of aromatic carboxylic acids is 1. The molecular formula is C20H19N3O4S. The molecule has 1 saturated heterocycles. The summed E-state index contributed by atoms with van der Waals surface area (Å²) in [6, 6.07) is 9.38. The van der Waals surface area contributed by atoms with Gasteiger partial charge in [-0.15, -0.1) is 11.3 Å². The number of carbonyl (C=O) groups is 2. The van der Waals surface area contributed by atoms with Crippen molar-refractivity contribution in [3.63, 3.8) is 0 Å². The highest BCUT2D eigenvalue weighted by Gasteiger charge is 2.44. The van der Waals surface area contributed by atoms with Gasteiger partial charge in [0, 0.05) is 23.4 Å². The fourth-order valence-corrected chi connectivity index (χ4v) is 5.50. The molecule has 4 heterocycles. The standard InChI is InChI=1S/C20H19N3O4S/c24-18(16-13-3-1-2-4-14(13)21-22-16)23-8-6-20(7-9-23)17-12(5-10-27-20)11-15(28-17)19(25)26/h1-4,11H,5-10H2,(H,21,22)(H,25,26). The molecule has 0 aliphatic carbocycles. The Morgan fingerprint density at radius 3 is 2.82 bits per heavy atom. The Morgan fingerprint density at radius 2 is 2.04 bits per heavy atom. The van der Waals surface area contributed by atoms with E-state index in [1.807, 2.05) is 29.2 Å². The van der Waals surface area contributed by atoms with Gasteiger partial charge >= 0.3 is 5.97 Å². The maximum atomic E-state index is 13.0. The minimum Gasteiger partial charge on any atom is -0.477 e. The minimum atomic E-state index is -0.896. The van der Waals surface area contributed by atoms with Crippen LogP contribution in [0.4, 0.5) is 0 Å². The lowest BCUT2D eigenvalue weighted by molar-refractivity contribution is -0.0906. The first kappa shape index (κ1) is 17.4. The van der Waals surface area contributed by atoms with Crippen LogP contribution >= 0.6 is 11.3 Å². The molecule has 7 nitrogen and oxygen atoms in total. The molecular weight excluding hydrogens is 378 g/mol. The Morgan fingerprint density at radius 1 is 1.25 bits per heavy atom. The van der Waals surface area contributed by atoms with E-state index in [-0.39, 0.29) is 5.91 Å². The van der Waals surface area contributed by atoms with Crippen LogP contribution in [0.5, 0.6) is 0 Å². The van der Waals surface area contributed by atoms with Crippen LogP contribution in [-0.4, -0.2) is 51.8 Å². The van der Waals surface area contributed by atoms with Gasteiger partial charge in [-0.05, 0) is 37.0 Å². The van der Waals surface area contributed by atoms with Crippen LogP contribution in [0.25, 0.3) is 10.9 Å². The number of hydrogen-bond donors (Lipinski definition) is 2. The van der Waals surface area contributed by atoms with E-state index in [2.05, 4.69) is 10.2 Å². The van der Waals surface area contributed by atoms with Crippen molar-refractivity contribution in [2.75, 3.05) is 19.7 Å². The molecule has 1 fully saturated rings. The summed E-state index contributed by atoms with van der Waals surface area (Å²) in [5, 5.41) is 17.3. The predicted octanol–water partition coefficient (Wildman–Crippen LogP) is 3.03. The van der Waals surface area contributed by atoms with Crippen molar-refractivity contribution in [1.82, 2.24) is 15.1 Å². The average Bonchev–Trinajstić information content (AvgIpc) is 3.34. The lowest BCUT2D eigenvalue weighted by Gasteiger charge is -2.43. The van der Waals surface area contributed by atoms with Crippen molar-refractivity contribution < 1.29 is 19.4 Å². The van der Waals surface area contributed by atoms with E-state index in [9.17, 15) is 14.7 Å². The van der Waals surface area contributed by atoms with E-state index in [4.69, 9.17) is 4.74 Å². The molecule has 0 radical (unpaired) electrons. The van der Waals surface area contributed by atoms with Gasteiger partial charge in [-0.2, -0.15) is 5.10 Å². The van der Waals surface area contributed by atoms with Crippen LogP contribution in [-0.2, 0) is 16.8 Å². The number of fused-ring (bicyclic) bond motifs is 3. The van der Waals surface area contributed by atoms with E-state index in [0.717, 1.165) is 27.8 Å². The van der Waals surface area contributed by atoms with Gasteiger partial charge in [-0.1, -0.05) is 18.2 Å². The van der Waals surface area contributed by atoms with E-state index in [1.54, 1.807) is 6.07 Å². The summed E-state index contributed by atoms with van der Waals surface area (Å²) in [4.78, 5) is 27.6. The summed E-state index contributed by atoms with van der Waals surface area (Å²) in [5.41, 5.74) is 1.89. The van der Waals surface area contributed by atoms with Gasteiger partial charge in [0.1, 0.15) is 10.5 Å². The number of aromatic nitrogens is 2. The number of amides is 1. The molecule has 5 rings (SSSR count). The van der Waals surface area contributed by atoms with Gasteiger partial charge in [0.15, 0.2) is 5.69 Å². The van der Waals surface area contributed by atoms with Crippen molar-refractivity contribution in [3.05, 3.63) is 51.3 Å². The fourth-order valence-electron chi connectivity index (χ4n) is 4.25. The van der Waals surface area contributed by atoms with Crippen molar-refractivity contribution in [2.45, 2.75) is 24.9 Å². The summed E-state index contributed by atoms with van der Waals surface area (Å²) in [6.07, 6.45) is 2.06. The molecule has 0 bridgehead atoms. The summed E-state index contributed by atoms with van der Waals surface area (Å²) in [6.45, 7) is 1.69. The van der Waals surface area contributed by atoms with E-state index >= 15 is 0 Å². The number of para-hydroxylation sites is 1. The Balaban J connectivity index is 1.38. The van der Waals surface area contributed by atoms with Crippen LogP contribution in [0, 0.1) is 0 Å². The van der Waals surface area contributed by atoms with Crippen molar-refractivity contribution in [2.24, 2.45) is 0 Å². The number of nitrogens with zero attached hydrogens (tertiary/aromatic N) is 2. The van der Waals surface area contributed by atoms with Gasteiger partial charge < -0.3 is 14.7 Å². The maximum Gasteiger partial charge on any atom is 0.345 e. The number of carboxylic acids is 1. The molecule has 1 amide bonds. The normalized spacial score (nSPS) is 18.4. The topological polar surface area (TPSA) is 95.5 Å². The van der Waals surface area contributed by atoms with E-state index in [1.165, 1.54) is 11.3 Å². The van der Waals surface area contributed by atoms with Crippen molar-refractivity contribution >= 4 is 34.1 Å². The van der Waals surface area contributed by atoms with Crippen molar-refractivity contribution in [1.29, 1.82) is 0 Å². The molecule has 2 aliphatic rings. The number of thiophene rings is 1. The second kappa shape index (κ2) is 6.42. The number of carbonyl (C=O) groups excluding carboxylic acids is 1. The van der Waals surface area contributed by atoms with Crippen LogP contribution in [0.3, 0.4) is 0 Å². The zero-order chi connectivity index (χ0) is 19.3. The fraction of sp³-hybridized carbons (Fsp3) is 0.350. The summed E-state index contributed by atoms with van der Waals surface area (Å²) in [5.74, 6) is -0.978. The smallest absolute Gasteiger partial charge is 0.345 e. The highest BCUT2D eigenvalue weighted by atomic mass is 32.1. The van der Waals surface area contributed by atoms with Crippen LogP contribution in [0.1, 0.15) is 43.4 Å². The number of carboxylic acid groups (broad SMARTS) is 1. The Hall–Kier alpha value is -2.71. The highest BCUT2D eigenvalue weighted by Crippen LogP contribution is 2.45. The number of H-pyrrole nitrogens is 1. The third-order valence-electron chi connectivity index (χ3n) is 5.71. The van der Waals surface area contributed by atoms with E-state index in [0.29, 0.717) is 43.1 Å². The molecule has 8 heteroatoms. The van der Waals surface area contributed by atoms with Gasteiger partial charge in [0.05, 0.1) is 12.1 Å². The lowest BCUT2D eigenvalue weighted by atomic mass is 9.85. The minimum absolute atomic E-state index is 0.0827. The molecule has 0 saturated carbocycles. The first-order valence-corrected chi connectivity index (χ1v) is 10.1.